The van der Waals surface area contributed by atoms with Gasteiger partial charge in [0.1, 0.15) is 0 Å². The first kappa shape index (κ1) is 11.5. The van der Waals surface area contributed by atoms with Gasteiger partial charge in [0, 0.05) is 12.2 Å². The molecule has 0 aliphatic rings. The lowest BCUT2D eigenvalue weighted by Gasteiger charge is -2.07. The number of nitrogens with zero attached hydrogens (tertiary/aromatic N) is 1. The minimum absolute atomic E-state index is 0.325. The molecule has 1 rings (SSSR count). The van der Waals surface area contributed by atoms with Gasteiger partial charge in [0.15, 0.2) is 0 Å². The van der Waals surface area contributed by atoms with Crippen molar-refractivity contribution in [2.24, 2.45) is 0 Å². The number of nitriles is 1. The van der Waals surface area contributed by atoms with E-state index in [0.29, 0.717) is 17.8 Å². The molecule has 0 heterocycles. The number of benzene rings is 1. The highest BCUT2D eigenvalue weighted by atomic mass is 32.2. The first-order valence-electron chi connectivity index (χ1n) is 4.35. The molecule has 0 spiro atoms. The number of anilines is 1. The van der Waals surface area contributed by atoms with Crippen LogP contribution in [0.5, 0.6) is 0 Å². The van der Waals surface area contributed by atoms with Gasteiger partial charge in [-0.1, -0.05) is 6.92 Å². The highest BCUT2D eigenvalue weighted by Gasteiger charge is 2.06. The zero-order chi connectivity index (χ0) is 11.3. The van der Waals surface area contributed by atoms with Crippen molar-refractivity contribution in [3.8, 4) is 6.07 Å². The molecule has 0 aliphatic carbocycles. The van der Waals surface area contributed by atoms with Crippen LogP contribution < -0.4 is 9.44 Å². The zero-order valence-electron chi connectivity index (χ0n) is 8.19. The summed E-state index contributed by atoms with van der Waals surface area (Å²) in [6, 6.07) is 8.11. The molecule has 0 amide bonds. The smallest absolute Gasteiger partial charge is 0.271 e. The molecule has 0 saturated heterocycles. The Morgan fingerprint density at radius 1 is 1.33 bits per heavy atom. The minimum atomic E-state index is -3.49. The van der Waals surface area contributed by atoms with Crippen LogP contribution in [-0.2, 0) is 10.2 Å². The molecule has 0 unspecified atom stereocenters. The third-order valence-electron chi connectivity index (χ3n) is 1.60. The summed E-state index contributed by atoms with van der Waals surface area (Å²) < 4.78 is 27.2. The summed E-state index contributed by atoms with van der Waals surface area (Å²) in [5.74, 6) is 0. The van der Waals surface area contributed by atoms with Crippen LogP contribution in [0, 0.1) is 11.3 Å². The summed E-state index contributed by atoms with van der Waals surface area (Å²) in [5.41, 5.74) is 0.913. The van der Waals surface area contributed by atoms with Crippen molar-refractivity contribution in [1.29, 1.82) is 5.26 Å². The maximum atomic E-state index is 11.3. The third-order valence-corrected chi connectivity index (χ3v) is 2.77. The van der Waals surface area contributed by atoms with Crippen LogP contribution in [0.4, 0.5) is 5.69 Å². The molecule has 0 aromatic heterocycles. The number of hydrogen-bond acceptors (Lipinski definition) is 3. The van der Waals surface area contributed by atoms with E-state index in [2.05, 4.69) is 9.44 Å². The molecule has 0 bridgehead atoms. The van der Waals surface area contributed by atoms with Gasteiger partial charge in [-0.15, -0.1) is 0 Å². The van der Waals surface area contributed by atoms with Crippen molar-refractivity contribution in [2.75, 3.05) is 11.3 Å². The molecule has 0 radical (unpaired) electrons. The highest BCUT2D eigenvalue weighted by molar-refractivity contribution is 7.90. The lowest BCUT2D eigenvalue weighted by molar-refractivity contribution is 0.589. The average Bonchev–Trinajstić information content (AvgIpc) is 2.18. The minimum Gasteiger partial charge on any atom is -0.271 e. The van der Waals surface area contributed by atoms with Crippen molar-refractivity contribution in [2.45, 2.75) is 6.92 Å². The van der Waals surface area contributed by atoms with Crippen LogP contribution >= 0.6 is 0 Å². The third kappa shape index (κ3) is 3.58. The Kier molecular flexibility index (Phi) is 3.66. The molecular formula is C9H11N3O2S. The average molecular weight is 225 g/mol. The Morgan fingerprint density at radius 2 is 1.93 bits per heavy atom. The molecule has 0 fully saturated rings. The van der Waals surface area contributed by atoms with Gasteiger partial charge in [-0.3, -0.25) is 4.72 Å². The summed E-state index contributed by atoms with van der Waals surface area (Å²) in [6.45, 7) is 2.02. The van der Waals surface area contributed by atoms with E-state index >= 15 is 0 Å². The van der Waals surface area contributed by atoms with Gasteiger partial charge >= 0.3 is 0 Å². The second-order valence-electron chi connectivity index (χ2n) is 2.79. The predicted molar refractivity (Wildman–Crippen MR) is 57.4 cm³/mol. The number of rotatable bonds is 4. The van der Waals surface area contributed by atoms with E-state index in [1.807, 2.05) is 6.07 Å². The van der Waals surface area contributed by atoms with E-state index in [0.717, 1.165) is 0 Å². The first-order chi connectivity index (χ1) is 7.07. The van der Waals surface area contributed by atoms with Gasteiger partial charge in [0.05, 0.1) is 11.6 Å². The topological polar surface area (TPSA) is 82.0 Å². The first-order valence-corrected chi connectivity index (χ1v) is 5.83. The van der Waals surface area contributed by atoms with Crippen LogP contribution in [0.2, 0.25) is 0 Å². The maximum absolute atomic E-state index is 11.3. The van der Waals surface area contributed by atoms with Crippen molar-refractivity contribution >= 4 is 15.9 Å². The van der Waals surface area contributed by atoms with Crippen molar-refractivity contribution in [3.05, 3.63) is 29.8 Å². The van der Waals surface area contributed by atoms with Crippen LogP contribution in [0.3, 0.4) is 0 Å². The molecule has 1 aromatic carbocycles. The molecule has 0 saturated carbocycles. The molecule has 6 heteroatoms. The number of nitrogens with one attached hydrogen (secondary N) is 2. The Balaban J connectivity index is 2.78. The largest absolute Gasteiger partial charge is 0.299 e. The predicted octanol–water partition coefficient (Wildman–Crippen LogP) is 0.824. The Bertz CT molecular complexity index is 459. The zero-order valence-corrected chi connectivity index (χ0v) is 9.00. The molecule has 1 aromatic rings. The summed E-state index contributed by atoms with van der Waals surface area (Å²) >= 11 is 0. The van der Waals surface area contributed by atoms with E-state index in [1.54, 1.807) is 19.1 Å². The Hall–Kier alpha value is -1.58. The Labute approximate surface area is 88.9 Å². The molecule has 15 heavy (non-hydrogen) atoms. The molecule has 0 aliphatic heterocycles. The summed E-state index contributed by atoms with van der Waals surface area (Å²) in [4.78, 5) is 0. The SMILES string of the molecule is CCNS(=O)(=O)Nc1ccc(C#N)cc1. The van der Waals surface area contributed by atoms with E-state index in [4.69, 9.17) is 5.26 Å². The van der Waals surface area contributed by atoms with Crippen molar-refractivity contribution in [3.63, 3.8) is 0 Å². The fourth-order valence-corrected chi connectivity index (χ4v) is 1.89. The fourth-order valence-electron chi connectivity index (χ4n) is 0.994. The second-order valence-corrected chi connectivity index (χ2v) is 4.29. The van der Waals surface area contributed by atoms with Crippen LogP contribution in [0.15, 0.2) is 24.3 Å². The normalized spacial score (nSPS) is 10.7. The van der Waals surface area contributed by atoms with E-state index in [9.17, 15) is 8.42 Å². The highest BCUT2D eigenvalue weighted by Crippen LogP contribution is 2.09. The molecule has 0 atom stereocenters. The van der Waals surface area contributed by atoms with Gasteiger partial charge in [0.2, 0.25) is 0 Å². The fraction of sp³-hybridized carbons (Fsp3) is 0.222. The molecule has 80 valence electrons. The van der Waals surface area contributed by atoms with Crippen molar-refractivity contribution in [1.82, 2.24) is 4.72 Å². The lowest BCUT2D eigenvalue weighted by atomic mass is 10.2. The van der Waals surface area contributed by atoms with E-state index in [1.165, 1.54) is 12.1 Å². The van der Waals surface area contributed by atoms with Gasteiger partial charge < -0.3 is 0 Å². The van der Waals surface area contributed by atoms with E-state index < -0.39 is 10.2 Å². The summed E-state index contributed by atoms with van der Waals surface area (Å²) in [6.07, 6.45) is 0. The summed E-state index contributed by atoms with van der Waals surface area (Å²) in [7, 11) is -3.49. The van der Waals surface area contributed by atoms with Gasteiger partial charge in [-0.05, 0) is 24.3 Å². The molecule has 5 nitrogen and oxygen atoms in total. The summed E-state index contributed by atoms with van der Waals surface area (Å²) in [5, 5.41) is 8.54. The van der Waals surface area contributed by atoms with Crippen LogP contribution in [0.25, 0.3) is 0 Å². The van der Waals surface area contributed by atoms with Gasteiger partial charge in [0.25, 0.3) is 10.2 Å². The standard InChI is InChI=1S/C9H11N3O2S/c1-2-11-15(13,14)12-9-5-3-8(7-10)4-6-9/h3-6,11-12H,2H2,1H3. The van der Waals surface area contributed by atoms with Gasteiger partial charge in [-0.2, -0.15) is 18.4 Å². The number of hydrogen-bond donors (Lipinski definition) is 2. The molecule has 2 N–H and O–H groups in total. The van der Waals surface area contributed by atoms with Crippen molar-refractivity contribution < 1.29 is 8.42 Å². The lowest BCUT2D eigenvalue weighted by Crippen LogP contribution is -2.29. The van der Waals surface area contributed by atoms with E-state index in [-0.39, 0.29) is 0 Å². The van der Waals surface area contributed by atoms with Crippen LogP contribution in [0.1, 0.15) is 12.5 Å². The maximum Gasteiger partial charge on any atom is 0.299 e. The Morgan fingerprint density at radius 3 is 2.40 bits per heavy atom. The van der Waals surface area contributed by atoms with Gasteiger partial charge in [-0.25, -0.2) is 0 Å². The molecular weight excluding hydrogens is 214 g/mol. The quantitative estimate of drug-likeness (QED) is 0.796. The van der Waals surface area contributed by atoms with Crippen LogP contribution in [-0.4, -0.2) is 15.0 Å². The second kappa shape index (κ2) is 4.77. The monoisotopic (exact) mass is 225 g/mol.